The number of rotatable bonds is 6. The van der Waals surface area contributed by atoms with Gasteiger partial charge in [-0.2, -0.15) is 0 Å². The number of esters is 1. The van der Waals surface area contributed by atoms with Crippen molar-refractivity contribution < 1.29 is 14.3 Å². The number of nitrogens with one attached hydrogen (secondary N) is 1. The van der Waals surface area contributed by atoms with Crippen LogP contribution in [0.3, 0.4) is 0 Å². The average Bonchev–Trinajstić information content (AvgIpc) is 3.12. The van der Waals surface area contributed by atoms with Crippen LogP contribution in [0.1, 0.15) is 24.5 Å². The first-order valence-corrected chi connectivity index (χ1v) is 8.59. The molecule has 7 nitrogen and oxygen atoms in total. The van der Waals surface area contributed by atoms with Crippen LogP contribution in [0.2, 0.25) is 0 Å². The number of aromatic nitrogens is 3. The standard InChI is InChI=1S/C20H20N4O3/c1-14(2)21-17(25)13-27-20(26)18-22-19(15-9-5-3-6-10-15)24(23-18)16-11-7-4-8-12-16/h3-12,14H,13H2,1-2H3,(H,21,25). The van der Waals surface area contributed by atoms with Crippen LogP contribution in [0.25, 0.3) is 17.1 Å². The molecule has 0 spiro atoms. The number of nitrogens with zero attached hydrogens (tertiary/aromatic N) is 3. The Balaban J connectivity index is 1.88. The van der Waals surface area contributed by atoms with E-state index in [4.69, 9.17) is 4.74 Å². The predicted molar refractivity (Wildman–Crippen MR) is 100 cm³/mol. The van der Waals surface area contributed by atoms with Crippen LogP contribution >= 0.6 is 0 Å². The fourth-order valence-electron chi connectivity index (χ4n) is 2.48. The maximum absolute atomic E-state index is 12.3. The predicted octanol–water partition coefficient (Wildman–Crippen LogP) is 2.62. The van der Waals surface area contributed by atoms with Gasteiger partial charge in [-0.15, -0.1) is 5.10 Å². The van der Waals surface area contributed by atoms with E-state index < -0.39 is 5.97 Å². The second kappa shape index (κ2) is 8.27. The summed E-state index contributed by atoms with van der Waals surface area (Å²) in [7, 11) is 0. The summed E-state index contributed by atoms with van der Waals surface area (Å²) in [5.74, 6) is -0.708. The summed E-state index contributed by atoms with van der Waals surface area (Å²) in [5, 5.41) is 6.95. The number of hydrogen-bond donors (Lipinski definition) is 1. The molecular weight excluding hydrogens is 344 g/mol. The molecule has 7 heteroatoms. The molecule has 0 aliphatic carbocycles. The minimum Gasteiger partial charge on any atom is -0.450 e. The van der Waals surface area contributed by atoms with Gasteiger partial charge in [0.2, 0.25) is 0 Å². The number of carbonyl (C=O) groups excluding carboxylic acids is 2. The van der Waals surface area contributed by atoms with Gasteiger partial charge in [-0.3, -0.25) is 4.79 Å². The lowest BCUT2D eigenvalue weighted by Crippen LogP contribution is -2.34. The lowest BCUT2D eigenvalue weighted by atomic mass is 10.2. The first-order chi connectivity index (χ1) is 13.0. The Bertz CT molecular complexity index is 864. The van der Waals surface area contributed by atoms with Crippen molar-refractivity contribution >= 4 is 11.9 Å². The highest BCUT2D eigenvalue weighted by Crippen LogP contribution is 2.21. The van der Waals surface area contributed by atoms with Crippen LogP contribution in [0.15, 0.2) is 60.7 Å². The number of benzene rings is 2. The van der Waals surface area contributed by atoms with Gasteiger partial charge < -0.3 is 10.1 Å². The van der Waals surface area contributed by atoms with Crippen molar-refractivity contribution in [1.29, 1.82) is 0 Å². The second-order valence-electron chi connectivity index (χ2n) is 6.17. The van der Waals surface area contributed by atoms with E-state index in [-0.39, 0.29) is 24.4 Å². The normalized spacial score (nSPS) is 10.6. The molecule has 27 heavy (non-hydrogen) atoms. The van der Waals surface area contributed by atoms with Gasteiger partial charge in [-0.05, 0) is 26.0 Å². The molecule has 0 aliphatic heterocycles. The fraction of sp³-hybridized carbons (Fsp3) is 0.200. The smallest absolute Gasteiger partial charge is 0.378 e. The largest absolute Gasteiger partial charge is 0.450 e. The minimum absolute atomic E-state index is 0.0312. The average molecular weight is 364 g/mol. The number of amides is 1. The highest BCUT2D eigenvalue weighted by atomic mass is 16.5. The highest BCUT2D eigenvalue weighted by Gasteiger charge is 2.20. The third-order valence-electron chi connectivity index (χ3n) is 3.61. The van der Waals surface area contributed by atoms with E-state index in [1.54, 1.807) is 4.68 Å². The molecule has 0 unspecified atom stereocenters. The second-order valence-corrected chi connectivity index (χ2v) is 6.17. The van der Waals surface area contributed by atoms with E-state index in [0.29, 0.717) is 5.82 Å². The zero-order chi connectivity index (χ0) is 19.2. The summed E-state index contributed by atoms with van der Waals surface area (Å²) in [6.45, 7) is 3.28. The van der Waals surface area contributed by atoms with Crippen LogP contribution in [-0.4, -0.2) is 39.3 Å². The maximum atomic E-state index is 12.3. The summed E-state index contributed by atoms with van der Waals surface area (Å²) in [4.78, 5) is 28.3. The number of para-hydroxylation sites is 1. The van der Waals surface area contributed by atoms with Gasteiger partial charge in [0.15, 0.2) is 12.4 Å². The molecule has 0 fully saturated rings. The summed E-state index contributed by atoms with van der Waals surface area (Å²) in [5.41, 5.74) is 1.57. The van der Waals surface area contributed by atoms with Crippen molar-refractivity contribution in [3.8, 4) is 17.1 Å². The van der Waals surface area contributed by atoms with E-state index in [1.165, 1.54) is 0 Å². The lowest BCUT2D eigenvalue weighted by molar-refractivity contribution is -0.124. The Morgan fingerprint density at radius 2 is 1.67 bits per heavy atom. The van der Waals surface area contributed by atoms with Crippen molar-refractivity contribution in [2.75, 3.05) is 6.61 Å². The van der Waals surface area contributed by atoms with E-state index in [9.17, 15) is 9.59 Å². The van der Waals surface area contributed by atoms with E-state index >= 15 is 0 Å². The number of carbonyl (C=O) groups is 2. The van der Waals surface area contributed by atoms with Crippen molar-refractivity contribution in [3.05, 3.63) is 66.5 Å². The zero-order valence-electron chi connectivity index (χ0n) is 15.1. The molecular formula is C20H20N4O3. The van der Waals surface area contributed by atoms with Crippen molar-refractivity contribution in [2.45, 2.75) is 19.9 Å². The molecule has 3 rings (SSSR count). The van der Waals surface area contributed by atoms with Gasteiger partial charge >= 0.3 is 5.97 Å². The molecule has 2 aromatic carbocycles. The number of hydrogen-bond acceptors (Lipinski definition) is 5. The van der Waals surface area contributed by atoms with Crippen LogP contribution in [0.4, 0.5) is 0 Å². The molecule has 0 bridgehead atoms. The van der Waals surface area contributed by atoms with Crippen LogP contribution < -0.4 is 5.32 Å². The van der Waals surface area contributed by atoms with Gasteiger partial charge in [0, 0.05) is 11.6 Å². The molecule has 1 heterocycles. The SMILES string of the molecule is CC(C)NC(=O)COC(=O)c1nc(-c2ccccc2)n(-c2ccccc2)n1. The van der Waals surface area contributed by atoms with E-state index in [2.05, 4.69) is 15.4 Å². The Kier molecular flexibility index (Phi) is 5.61. The molecule has 1 aromatic heterocycles. The Labute approximate surface area is 157 Å². The van der Waals surface area contributed by atoms with E-state index in [1.807, 2.05) is 74.5 Å². The van der Waals surface area contributed by atoms with Crippen LogP contribution in [0, 0.1) is 0 Å². The first kappa shape index (κ1) is 18.3. The van der Waals surface area contributed by atoms with Crippen LogP contribution in [-0.2, 0) is 9.53 Å². The van der Waals surface area contributed by atoms with Crippen molar-refractivity contribution in [3.63, 3.8) is 0 Å². The third kappa shape index (κ3) is 4.58. The summed E-state index contributed by atoms with van der Waals surface area (Å²) < 4.78 is 6.62. The Hall–Kier alpha value is -3.48. The van der Waals surface area contributed by atoms with Gasteiger partial charge in [0.25, 0.3) is 11.7 Å². The van der Waals surface area contributed by atoms with Gasteiger partial charge in [-0.1, -0.05) is 48.5 Å². The third-order valence-corrected chi connectivity index (χ3v) is 3.61. The molecule has 138 valence electrons. The van der Waals surface area contributed by atoms with Gasteiger partial charge in [0.1, 0.15) is 0 Å². The summed E-state index contributed by atoms with van der Waals surface area (Å²) >= 11 is 0. The molecule has 0 radical (unpaired) electrons. The number of ether oxygens (including phenoxy) is 1. The van der Waals surface area contributed by atoms with Crippen LogP contribution in [0.5, 0.6) is 0 Å². The Morgan fingerprint density at radius 1 is 1.04 bits per heavy atom. The van der Waals surface area contributed by atoms with Crippen molar-refractivity contribution in [1.82, 2.24) is 20.1 Å². The molecule has 0 saturated carbocycles. The molecule has 1 N–H and O–H groups in total. The first-order valence-electron chi connectivity index (χ1n) is 8.59. The van der Waals surface area contributed by atoms with Crippen molar-refractivity contribution in [2.24, 2.45) is 0 Å². The maximum Gasteiger partial charge on any atom is 0.378 e. The monoisotopic (exact) mass is 364 g/mol. The quantitative estimate of drug-likeness (QED) is 0.680. The Morgan fingerprint density at radius 3 is 2.30 bits per heavy atom. The molecule has 0 saturated heterocycles. The fourth-order valence-corrected chi connectivity index (χ4v) is 2.48. The molecule has 1 amide bonds. The topological polar surface area (TPSA) is 86.1 Å². The summed E-state index contributed by atoms with van der Waals surface area (Å²) in [6, 6.07) is 18.8. The molecule has 0 atom stereocenters. The van der Waals surface area contributed by atoms with Gasteiger partial charge in [0.05, 0.1) is 5.69 Å². The summed E-state index contributed by atoms with van der Waals surface area (Å²) in [6.07, 6.45) is 0. The minimum atomic E-state index is -0.749. The van der Waals surface area contributed by atoms with E-state index in [0.717, 1.165) is 11.3 Å². The molecule has 3 aromatic rings. The zero-order valence-corrected chi connectivity index (χ0v) is 15.1. The van der Waals surface area contributed by atoms with Gasteiger partial charge in [-0.25, -0.2) is 14.5 Å². The molecule has 0 aliphatic rings. The lowest BCUT2D eigenvalue weighted by Gasteiger charge is -2.07. The highest BCUT2D eigenvalue weighted by molar-refractivity contribution is 5.88.